The molecule has 1 aliphatic carbocycles. The van der Waals surface area contributed by atoms with Gasteiger partial charge in [-0.2, -0.15) is 0 Å². The molecule has 8 nitrogen and oxygen atoms in total. The van der Waals surface area contributed by atoms with E-state index in [1.54, 1.807) is 29.1 Å². The highest BCUT2D eigenvalue weighted by atomic mass is 16.5. The molecule has 35 heavy (non-hydrogen) atoms. The van der Waals surface area contributed by atoms with E-state index in [1.165, 1.54) is 0 Å². The van der Waals surface area contributed by atoms with E-state index in [2.05, 4.69) is 22.1 Å². The molecule has 2 aromatic rings. The molecule has 0 radical (unpaired) electrons. The Balaban J connectivity index is 1.58. The van der Waals surface area contributed by atoms with Crippen LogP contribution >= 0.6 is 0 Å². The van der Waals surface area contributed by atoms with Gasteiger partial charge in [0.2, 0.25) is 5.88 Å². The minimum atomic E-state index is -0.419. The third-order valence-electron chi connectivity index (χ3n) is 6.34. The number of para-hydroxylation sites is 1. The third-order valence-corrected chi connectivity index (χ3v) is 6.34. The van der Waals surface area contributed by atoms with E-state index in [0.717, 1.165) is 12.8 Å². The van der Waals surface area contributed by atoms with Crippen LogP contribution in [0.5, 0.6) is 5.88 Å². The number of hydrogen-bond acceptors (Lipinski definition) is 5. The molecule has 0 saturated heterocycles. The maximum Gasteiger partial charge on any atom is 0.321 e. The molecule has 2 heterocycles. The van der Waals surface area contributed by atoms with Crippen LogP contribution in [0.25, 0.3) is 0 Å². The molecule has 0 bridgehead atoms. The van der Waals surface area contributed by atoms with Gasteiger partial charge >= 0.3 is 6.03 Å². The van der Waals surface area contributed by atoms with E-state index in [1.807, 2.05) is 44.2 Å². The van der Waals surface area contributed by atoms with Crippen molar-refractivity contribution >= 4 is 17.6 Å². The predicted octanol–water partition coefficient (Wildman–Crippen LogP) is 3.23. The van der Waals surface area contributed by atoms with Crippen molar-refractivity contribution in [2.75, 3.05) is 32.1 Å². The maximum atomic E-state index is 13.5. The fourth-order valence-corrected chi connectivity index (χ4v) is 3.89. The summed E-state index contributed by atoms with van der Waals surface area (Å²) in [5.74, 6) is 6.59. The van der Waals surface area contributed by atoms with Gasteiger partial charge in [0, 0.05) is 42.9 Å². The summed E-state index contributed by atoms with van der Waals surface area (Å²) in [6.07, 6.45) is 3.43. The lowest BCUT2D eigenvalue weighted by Gasteiger charge is -2.37. The van der Waals surface area contributed by atoms with Gasteiger partial charge in [-0.1, -0.05) is 37.0 Å². The first-order valence-electron chi connectivity index (χ1n) is 12.0. The van der Waals surface area contributed by atoms with Gasteiger partial charge in [-0.15, -0.1) is 0 Å². The van der Waals surface area contributed by atoms with E-state index in [-0.39, 0.29) is 36.4 Å². The summed E-state index contributed by atoms with van der Waals surface area (Å²) >= 11 is 0. The Hall–Kier alpha value is -3.57. The van der Waals surface area contributed by atoms with Crippen molar-refractivity contribution in [1.29, 1.82) is 0 Å². The Kier molecular flexibility index (Phi) is 7.57. The van der Waals surface area contributed by atoms with Crippen LogP contribution in [0.1, 0.15) is 42.6 Å². The first-order valence-corrected chi connectivity index (χ1v) is 12.0. The van der Waals surface area contributed by atoms with Gasteiger partial charge in [0.1, 0.15) is 11.7 Å². The van der Waals surface area contributed by atoms with Crippen molar-refractivity contribution in [2.24, 2.45) is 11.8 Å². The van der Waals surface area contributed by atoms with Gasteiger partial charge in [-0.05, 0) is 38.0 Å². The lowest BCUT2D eigenvalue weighted by Crippen LogP contribution is -2.50. The summed E-state index contributed by atoms with van der Waals surface area (Å²) in [6.45, 7) is 4.29. The molecule has 1 aromatic heterocycles. The lowest BCUT2D eigenvalue weighted by molar-refractivity contribution is 0.0356. The molecule has 4 rings (SSSR count). The molecule has 2 aliphatic rings. The van der Waals surface area contributed by atoms with Crippen LogP contribution in [0.15, 0.2) is 42.6 Å². The predicted molar refractivity (Wildman–Crippen MR) is 133 cm³/mol. The third kappa shape index (κ3) is 6.11. The van der Waals surface area contributed by atoms with Gasteiger partial charge in [0.05, 0.1) is 19.2 Å². The average molecular weight is 477 g/mol. The zero-order chi connectivity index (χ0) is 24.9. The number of nitrogens with one attached hydrogen (secondary N) is 1. The van der Waals surface area contributed by atoms with Crippen LogP contribution in [0, 0.1) is 23.7 Å². The Morgan fingerprint density at radius 3 is 2.77 bits per heavy atom. The minimum absolute atomic E-state index is 0.121. The SMILES string of the molecule is C[C@H]1CN([C@@H](C)CO)C(=O)c2cc(C#CC3CC3)cnc2O[C@H]1CN(C)C(=O)Nc1ccccc1. The number of urea groups is 1. The Bertz CT molecular complexity index is 1120. The van der Waals surface area contributed by atoms with Gasteiger partial charge in [-0.3, -0.25) is 4.79 Å². The molecule has 1 fully saturated rings. The molecule has 0 spiro atoms. The number of pyridine rings is 1. The molecule has 3 amide bonds. The number of anilines is 1. The molecular weight excluding hydrogens is 444 g/mol. The monoisotopic (exact) mass is 476 g/mol. The van der Waals surface area contributed by atoms with Crippen LogP contribution in [-0.2, 0) is 0 Å². The van der Waals surface area contributed by atoms with E-state index in [0.29, 0.717) is 35.8 Å². The second kappa shape index (κ2) is 10.8. The Morgan fingerprint density at radius 1 is 1.34 bits per heavy atom. The number of ether oxygens (including phenoxy) is 1. The summed E-state index contributed by atoms with van der Waals surface area (Å²) in [5.41, 5.74) is 1.69. The summed E-state index contributed by atoms with van der Waals surface area (Å²) in [4.78, 5) is 33.9. The standard InChI is InChI=1S/C27H32N4O4/c1-18-15-31(19(2)17-32)26(33)23-13-21(12-11-20-9-10-20)14-28-25(23)35-24(18)16-30(3)27(34)29-22-7-5-4-6-8-22/h4-8,13-14,18-20,24,32H,9-10,15-17H2,1-3H3,(H,29,34)/t18-,19-,24-/m0/s1. The summed E-state index contributed by atoms with van der Waals surface area (Å²) in [5, 5.41) is 12.7. The van der Waals surface area contributed by atoms with Crippen molar-refractivity contribution in [3.05, 3.63) is 53.7 Å². The summed E-state index contributed by atoms with van der Waals surface area (Å²) in [6, 6.07) is 10.3. The van der Waals surface area contributed by atoms with Crippen molar-refractivity contribution in [3.63, 3.8) is 0 Å². The molecule has 1 aliphatic heterocycles. The van der Waals surface area contributed by atoms with Crippen molar-refractivity contribution in [1.82, 2.24) is 14.8 Å². The second-order valence-electron chi connectivity index (χ2n) is 9.42. The summed E-state index contributed by atoms with van der Waals surface area (Å²) in [7, 11) is 1.71. The molecule has 1 aromatic carbocycles. The van der Waals surface area contributed by atoms with Crippen LogP contribution in [-0.4, -0.2) is 70.7 Å². The maximum absolute atomic E-state index is 13.5. The smallest absolute Gasteiger partial charge is 0.321 e. The molecular formula is C27H32N4O4. The number of aromatic nitrogens is 1. The van der Waals surface area contributed by atoms with Crippen molar-refractivity contribution in [2.45, 2.75) is 38.8 Å². The number of aliphatic hydroxyl groups is 1. The molecule has 3 atom stereocenters. The van der Waals surface area contributed by atoms with E-state index < -0.39 is 6.10 Å². The van der Waals surface area contributed by atoms with Gasteiger partial charge in [0.25, 0.3) is 5.91 Å². The average Bonchev–Trinajstić information content (AvgIpc) is 3.69. The number of rotatable bonds is 5. The highest BCUT2D eigenvalue weighted by Gasteiger charge is 2.34. The topological polar surface area (TPSA) is 95.0 Å². The van der Waals surface area contributed by atoms with Crippen molar-refractivity contribution < 1.29 is 19.4 Å². The van der Waals surface area contributed by atoms with Crippen LogP contribution < -0.4 is 10.1 Å². The number of likely N-dealkylation sites (N-methyl/N-ethyl adjacent to an activating group) is 1. The number of carbonyl (C=O) groups excluding carboxylic acids is 2. The number of amides is 3. The normalized spacial score (nSPS) is 20.3. The number of hydrogen-bond donors (Lipinski definition) is 2. The van der Waals surface area contributed by atoms with E-state index >= 15 is 0 Å². The van der Waals surface area contributed by atoms with Gasteiger partial charge in [0.15, 0.2) is 0 Å². The van der Waals surface area contributed by atoms with Crippen LogP contribution in [0.3, 0.4) is 0 Å². The Labute approximate surface area is 206 Å². The first-order chi connectivity index (χ1) is 16.9. The highest BCUT2D eigenvalue weighted by Crippen LogP contribution is 2.29. The molecule has 1 saturated carbocycles. The summed E-state index contributed by atoms with van der Waals surface area (Å²) < 4.78 is 6.25. The highest BCUT2D eigenvalue weighted by molar-refractivity contribution is 5.97. The van der Waals surface area contributed by atoms with E-state index in [9.17, 15) is 14.7 Å². The second-order valence-corrected chi connectivity index (χ2v) is 9.42. The first kappa shape index (κ1) is 24.6. The number of aliphatic hydroxyl groups excluding tert-OH is 1. The lowest BCUT2D eigenvalue weighted by atomic mass is 10.00. The zero-order valence-corrected chi connectivity index (χ0v) is 20.4. The van der Waals surface area contributed by atoms with E-state index in [4.69, 9.17) is 4.74 Å². The molecule has 2 N–H and O–H groups in total. The zero-order valence-electron chi connectivity index (χ0n) is 20.4. The van der Waals surface area contributed by atoms with Gasteiger partial charge < -0.3 is 25.0 Å². The fraction of sp³-hybridized carbons (Fsp3) is 0.444. The van der Waals surface area contributed by atoms with Crippen LogP contribution in [0.2, 0.25) is 0 Å². The molecule has 8 heteroatoms. The Morgan fingerprint density at radius 2 is 2.09 bits per heavy atom. The fourth-order valence-electron chi connectivity index (χ4n) is 3.89. The van der Waals surface area contributed by atoms with Crippen LogP contribution in [0.4, 0.5) is 10.5 Å². The van der Waals surface area contributed by atoms with Gasteiger partial charge in [-0.25, -0.2) is 9.78 Å². The number of benzene rings is 1. The number of carbonyl (C=O) groups is 2. The number of fused-ring (bicyclic) bond motifs is 1. The largest absolute Gasteiger partial charge is 0.472 e. The number of nitrogens with zero attached hydrogens (tertiary/aromatic N) is 3. The minimum Gasteiger partial charge on any atom is -0.472 e. The molecule has 0 unspecified atom stereocenters. The molecule has 184 valence electrons. The quantitative estimate of drug-likeness (QED) is 0.646. The van der Waals surface area contributed by atoms with Crippen molar-refractivity contribution in [3.8, 4) is 17.7 Å².